The first-order valence-corrected chi connectivity index (χ1v) is 17.6. The van der Waals surface area contributed by atoms with Crippen LogP contribution >= 0.6 is 22.7 Å². The van der Waals surface area contributed by atoms with Crippen molar-refractivity contribution in [2.24, 2.45) is 0 Å². The first kappa shape index (κ1) is 26.7. The molecule has 0 aliphatic rings. The summed E-state index contributed by atoms with van der Waals surface area (Å²) in [6, 6.07) is 57.7. The van der Waals surface area contributed by atoms with Gasteiger partial charge in [0, 0.05) is 47.4 Å². The fourth-order valence-electron chi connectivity index (χ4n) is 7.21. The van der Waals surface area contributed by atoms with Gasteiger partial charge in [0.2, 0.25) is 0 Å². The third kappa shape index (κ3) is 4.21. The van der Waals surface area contributed by atoms with Crippen LogP contribution in [0.2, 0.25) is 0 Å². The smallest absolute Gasteiger partial charge is 0.0634 e. The van der Waals surface area contributed by atoms with Crippen molar-refractivity contribution >= 4 is 74.6 Å². The molecule has 0 unspecified atom stereocenters. The topological polar surface area (TPSA) is 4.93 Å². The third-order valence-electron chi connectivity index (χ3n) is 9.43. The monoisotopic (exact) mass is 633 g/mol. The van der Waals surface area contributed by atoms with Crippen molar-refractivity contribution in [3.05, 3.63) is 164 Å². The van der Waals surface area contributed by atoms with E-state index in [2.05, 4.69) is 168 Å². The molecular formula is C44H27NS2. The minimum atomic E-state index is 1.23. The molecule has 7 aromatic carbocycles. The summed E-state index contributed by atoms with van der Waals surface area (Å²) in [5.41, 5.74) is 8.69. The molecule has 47 heavy (non-hydrogen) atoms. The number of hydrogen-bond acceptors (Lipinski definition) is 2. The molecule has 0 amide bonds. The second kappa shape index (κ2) is 10.5. The number of hydrogen-bond donors (Lipinski definition) is 0. The van der Waals surface area contributed by atoms with Crippen molar-refractivity contribution in [1.29, 1.82) is 0 Å². The molecule has 3 aromatic heterocycles. The Kier molecular flexibility index (Phi) is 5.98. The van der Waals surface area contributed by atoms with Gasteiger partial charge in [-0.15, -0.1) is 22.7 Å². The van der Waals surface area contributed by atoms with E-state index in [0.29, 0.717) is 0 Å². The van der Waals surface area contributed by atoms with Gasteiger partial charge < -0.3 is 4.57 Å². The Morgan fingerprint density at radius 3 is 1.89 bits per heavy atom. The molecule has 0 spiro atoms. The summed E-state index contributed by atoms with van der Waals surface area (Å²) in [5.74, 6) is 0. The minimum absolute atomic E-state index is 1.23. The Morgan fingerprint density at radius 1 is 0.362 bits per heavy atom. The summed E-state index contributed by atoms with van der Waals surface area (Å²) in [7, 11) is 0. The van der Waals surface area contributed by atoms with E-state index in [1.54, 1.807) is 0 Å². The Balaban J connectivity index is 1.26. The summed E-state index contributed by atoms with van der Waals surface area (Å²) in [4.78, 5) is 1.30. The van der Waals surface area contributed by atoms with Crippen LogP contribution in [0.15, 0.2) is 164 Å². The van der Waals surface area contributed by atoms with Crippen LogP contribution in [0.3, 0.4) is 0 Å². The average molecular weight is 634 g/mol. The van der Waals surface area contributed by atoms with Crippen molar-refractivity contribution in [2.45, 2.75) is 0 Å². The van der Waals surface area contributed by atoms with Crippen LogP contribution in [0.4, 0.5) is 0 Å². The molecular weight excluding hydrogens is 607 g/mol. The Bertz CT molecular complexity index is 2780. The summed E-state index contributed by atoms with van der Waals surface area (Å²) < 4.78 is 6.42. The molecule has 1 nitrogen and oxygen atoms in total. The van der Waals surface area contributed by atoms with Gasteiger partial charge in [-0.05, 0) is 69.6 Å². The van der Waals surface area contributed by atoms with E-state index in [9.17, 15) is 0 Å². The van der Waals surface area contributed by atoms with Gasteiger partial charge in [0.25, 0.3) is 0 Å². The van der Waals surface area contributed by atoms with Crippen molar-refractivity contribution in [1.82, 2.24) is 4.57 Å². The standard InChI is InChI=1S/C44H27NS2/c1-3-11-28(12-4-1)30-15-9-16-31(25-30)32-21-22-34-37(26-32)38-27-41(29-13-5-2-6-14-29)47-43(38)36-23-24-45(42(34)36)39-19-10-18-35-33-17-7-8-20-40(33)46-44(35)39/h1-27H. The van der Waals surface area contributed by atoms with Crippen LogP contribution in [-0.4, -0.2) is 4.57 Å². The fraction of sp³-hybridized carbons (Fsp3) is 0. The highest BCUT2D eigenvalue weighted by Crippen LogP contribution is 2.46. The van der Waals surface area contributed by atoms with Crippen molar-refractivity contribution in [3.63, 3.8) is 0 Å². The molecule has 0 atom stereocenters. The summed E-state index contributed by atoms with van der Waals surface area (Å²) in [6.07, 6.45) is 2.28. The van der Waals surface area contributed by atoms with Gasteiger partial charge in [-0.3, -0.25) is 0 Å². The lowest BCUT2D eigenvalue weighted by Gasteiger charge is -2.13. The predicted octanol–water partition coefficient (Wildman–Crippen LogP) is 13.4. The highest BCUT2D eigenvalue weighted by Gasteiger charge is 2.19. The lowest BCUT2D eigenvalue weighted by Crippen LogP contribution is -1.93. The zero-order valence-corrected chi connectivity index (χ0v) is 27.0. The van der Waals surface area contributed by atoms with Crippen LogP contribution in [0, 0.1) is 0 Å². The van der Waals surface area contributed by atoms with E-state index in [4.69, 9.17) is 0 Å². The van der Waals surface area contributed by atoms with Gasteiger partial charge in [-0.25, -0.2) is 0 Å². The van der Waals surface area contributed by atoms with Crippen molar-refractivity contribution in [3.8, 4) is 38.4 Å². The van der Waals surface area contributed by atoms with E-state index in [-0.39, 0.29) is 0 Å². The highest BCUT2D eigenvalue weighted by molar-refractivity contribution is 7.26. The molecule has 10 rings (SSSR count). The molecule has 0 saturated heterocycles. The van der Waals surface area contributed by atoms with E-state index in [0.717, 1.165) is 0 Å². The SMILES string of the molecule is c1ccc(-c2cccc(-c3ccc4c(c3)c3cc(-c5ccccc5)sc3c3ccn(-c5cccc6c5sc5ccccc56)c43)c2)cc1. The van der Waals surface area contributed by atoms with Crippen LogP contribution in [0.25, 0.3) is 90.3 Å². The lowest BCUT2D eigenvalue weighted by molar-refractivity contribution is 1.15. The van der Waals surface area contributed by atoms with E-state index in [1.165, 1.54) is 90.3 Å². The maximum atomic E-state index is 2.44. The maximum absolute atomic E-state index is 2.44. The summed E-state index contributed by atoms with van der Waals surface area (Å²) >= 11 is 3.79. The zero-order chi connectivity index (χ0) is 30.9. The van der Waals surface area contributed by atoms with Gasteiger partial charge >= 0.3 is 0 Å². The second-order valence-electron chi connectivity index (χ2n) is 12.1. The molecule has 0 radical (unpaired) electrons. The number of benzene rings is 7. The Hall–Kier alpha value is -5.48. The molecule has 10 aromatic rings. The molecule has 0 saturated carbocycles. The van der Waals surface area contributed by atoms with Crippen LogP contribution in [0.1, 0.15) is 0 Å². The van der Waals surface area contributed by atoms with Gasteiger partial charge in [-0.1, -0.05) is 121 Å². The fourth-order valence-corrected chi connectivity index (χ4v) is 9.63. The molecule has 0 N–H and O–H groups in total. The van der Waals surface area contributed by atoms with Crippen molar-refractivity contribution < 1.29 is 0 Å². The predicted molar refractivity (Wildman–Crippen MR) is 205 cm³/mol. The summed E-state index contributed by atoms with van der Waals surface area (Å²) in [5, 5.41) is 7.82. The Labute approximate surface area is 280 Å². The number of fused-ring (bicyclic) bond motifs is 9. The number of nitrogens with zero attached hydrogens (tertiary/aromatic N) is 1. The minimum Gasteiger partial charge on any atom is -0.314 e. The molecule has 220 valence electrons. The zero-order valence-electron chi connectivity index (χ0n) is 25.4. The van der Waals surface area contributed by atoms with Gasteiger partial charge in [-0.2, -0.15) is 0 Å². The van der Waals surface area contributed by atoms with Gasteiger partial charge in [0.05, 0.1) is 15.9 Å². The largest absolute Gasteiger partial charge is 0.314 e. The number of thiophene rings is 2. The van der Waals surface area contributed by atoms with Crippen LogP contribution in [0.5, 0.6) is 0 Å². The molecule has 3 heterocycles. The maximum Gasteiger partial charge on any atom is 0.0634 e. The molecule has 0 bridgehead atoms. The van der Waals surface area contributed by atoms with Gasteiger partial charge in [0.15, 0.2) is 0 Å². The summed E-state index contributed by atoms with van der Waals surface area (Å²) in [6.45, 7) is 0. The van der Waals surface area contributed by atoms with E-state index < -0.39 is 0 Å². The molecule has 0 fully saturated rings. The van der Waals surface area contributed by atoms with Gasteiger partial charge in [0.1, 0.15) is 0 Å². The van der Waals surface area contributed by atoms with E-state index in [1.807, 2.05) is 22.7 Å². The molecule has 3 heteroatoms. The first-order chi connectivity index (χ1) is 23.3. The molecule has 0 aliphatic carbocycles. The van der Waals surface area contributed by atoms with E-state index >= 15 is 0 Å². The number of rotatable bonds is 4. The highest BCUT2D eigenvalue weighted by atomic mass is 32.1. The molecule has 0 aliphatic heterocycles. The second-order valence-corrected chi connectivity index (χ2v) is 14.2. The quantitative estimate of drug-likeness (QED) is 0.182. The first-order valence-electron chi connectivity index (χ1n) is 15.9. The third-order valence-corrected chi connectivity index (χ3v) is 11.9. The van der Waals surface area contributed by atoms with Crippen LogP contribution in [-0.2, 0) is 0 Å². The lowest BCUT2D eigenvalue weighted by atomic mass is 9.95. The average Bonchev–Trinajstić information content (AvgIpc) is 3.88. The van der Waals surface area contributed by atoms with Crippen molar-refractivity contribution in [2.75, 3.05) is 0 Å². The Morgan fingerprint density at radius 2 is 1.04 bits per heavy atom. The number of aromatic nitrogens is 1. The van der Waals surface area contributed by atoms with Crippen LogP contribution < -0.4 is 0 Å². The normalized spacial score (nSPS) is 11.8.